The molecular weight excluding hydrogens is 388 g/mol. The minimum absolute atomic E-state index is 0.150. The van der Waals surface area contributed by atoms with Gasteiger partial charge in [-0.2, -0.15) is 0 Å². The molecule has 2 heteroatoms. The van der Waals surface area contributed by atoms with E-state index in [0.29, 0.717) is 0 Å². The lowest BCUT2D eigenvalue weighted by atomic mass is 9.83. The highest BCUT2D eigenvalue weighted by atomic mass is 32.1. The lowest BCUT2D eigenvalue weighted by Crippen LogP contribution is -2.19. The average molecular weight is 433 g/mol. The summed E-state index contributed by atoms with van der Waals surface area (Å²) in [6, 6.07) is 4.80. The van der Waals surface area contributed by atoms with Gasteiger partial charge in [0.15, 0.2) is 0 Å². The number of hydrogen-bond acceptors (Lipinski definition) is 2. The van der Waals surface area contributed by atoms with Crippen molar-refractivity contribution in [2.45, 2.75) is 123 Å². The molecule has 0 saturated carbocycles. The first-order chi connectivity index (χ1) is 14.1. The molecule has 0 unspecified atom stereocenters. The first-order valence-electron chi connectivity index (χ1n) is 12.2. The Kier molecular flexibility index (Phi) is 11.6. The summed E-state index contributed by atoms with van der Waals surface area (Å²) >= 11 is 3.96. The van der Waals surface area contributed by atoms with Crippen molar-refractivity contribution < 1.29 is 0 Å². The van der Waals surface area contributed by atoms with Crippen LogP contribution in [-0.2, 0) is 18.3 Å². The molecule has 0 aliphatic rings. The number of unbranched alkanes of at least 4 members (excludes halogenated alkanes) is 10. The molecule has 0 amide bonds. The Balaban J connectivity index is 1.92. The minimum Gasteiger partial charge on any atom is -0.148 e. The lowest BCUT2D eigenvalue weighted by molar-refractivity contribution is 0.595. The summed E-state index contributed by atoms with van der Waals surface area (Å²) in [6.07, 6.45) is 19.1. The van der Waals surface area contributed by atoms with Gasteiger partial charge < -0.3 is 0 Å². The van der Waals surface area contributed by atoms with Crippen molar-refractivity contribution in [3.8, 4) is 0 Å². The third kappa shape index (κ3) is 7.87. The van der Waals surface area contributed by atoms with Gasteiger partial charge in [-0.3, -0.25) is 0 Å². The molecule has 2 aromatic heterocycles. The fourth-order valence-electron chi connectivity index (χ4n) is 4.46. The SMILES string of the molecule is CCCCCCCCc1ccsc1C(C)(C)c1sccc1CCCCCCCC. The second-order valence-corrected chi connectivity index (χ2v) is 11.0. The van der Waals surface area contributed by atoms with Gasteiger partial charge >= 0.3 is 0 Å². The van der Waals surface area contributed by atoms with Gasteiger partial charge in [0.1, 0.15) is 0 Å². The molecule has 0 aromatic carbocycles. The van der Waals surface area contributed by atoms with Crippen LogP contribution in [0.1, 0.15) is 126 Å². The molecule has 0 spiro atoms. The molecule has 0 aliphatic carbocycles. The molecule has 2 heterocycles. The quantitative estimate of drug-likeness (QED) is 0.231. The van der Waals surface area contributed by atoms with Crippen LogP contribution in [0.2, 0.25) is 0 Å². The van der Waals surface area contributed by atoms with E-state index in [0.717, 1.165) is 0 Å². The largest absolute Gasteiger partial charge is 0.148 e. The van der Waals surface area contributed by atoms with Crippen LogP contribution in [-0.4, -0.2) is 0 Å². The van der Waals surface area contributed by atoms with E-state index in [9.17, 15) is 0 Å². The predicted octanol–water partition coefficient (Wildman–Crippen LogP) is 9.94. The summed E-state index contributed by atoms with van der Waals surface area (Å²) in [5, 5.41) is 4.65. The monoisotopic (exact) mass is 432 g/mol. The Morgan fingerprint density at radius 1 is 0.586 bits per heavy atom. The van der Waals surface area contributed by atoms with Gasteiger partial charge in [-0.1, -0.05) is 91.9 Å². The zero-order valence-electron chi connectivity index (χ0n) is 19.5. The summed E-state index contributed by atoms with van der Waals surface area (Å²) in [4.78, 5) is 3.22. The smallest absolute Gasteiger partial charge is 0.0339 e. The molecule has 0 nitrogen and oxygen atoms in total. The van der Waals surface area contributed by atoms with E-state index in [2.05, 4.69) is 50.6 Å². The zero-order chi connectivity index (χ0) is 21.0. The second kappa shape index (κ2) is 13.7. The molecule has 0 N–H and O–H groups in total. The second-order valence-electron chi connectivity index (χ2n) is 9.21. The van der Waals surface area contributed by atoms with Crippen LogP contribution in [0.5, 0.6) is 0 Å². The molecule has 164 valence electrons. The van der Waals surface area contributed by atoms with E-state index in [-0.39, 0.29) is 5.41 Å². The van der Waals surface area contributed by atoms with Crippen LogP contribution in [0.25, 0.3) is 0 Å². The fraction of sp³-hybridized carbons (Fsp3) is 0.704. The van der Waals surface area contributed by atoms with Gasteiger partial charge in [0, 0.05) is 15.2 Å². The van der Waals surface area contributed by atoms with Crippen LogP contribution in [0.15, 0.2) is 22.9 Å². The summed E-state index contributed by atoms with van der Waals surface area (Å²) in [5.41, 5.74) is 3.36. The van der Waals surface area contributed by atoms with Crippen LogP contribution in [0, 0.1) is 0 Å². The number of aryl methyl sites for hydroxylation is 2. The standard InChI is InChI=1S/C27H44S2/c1-5-7-9-11-13-15-17-23-19-21-28-25(23)27(3,4)26-24(20-22-29-26)18-16-14-12-10-8-6-2/h19-22H,5-18H2,1-4H3. The van der Waals surface area contributed by atoms with Crippen LogP contribution in [0.3, 0.4) is 0 Å². The predicted molar refractivity (Wildman–Crippen MR) is 135 cm³/mol. The first-order valence-corrected chi connectivity index (χ1v) is 14.0. The lowest BCUT2D eigenvalue weighted by Gasteiger charge is -2.26. The van der Waals surface area contributed by atoms with Crippen molar-refractivity contribution in [3.05, 3.63) is 43.8 Å². The van der Waals surface area contributed by atoms with Gasteiger partial charge in [-0.25, -0.2) is 0 Å². The number of hydrogen-bond donors (Lipinski definition) is 0. The van der Waals surface area contributed by atoms with Gasteiger partial charge in [0.2, 0.25) is 0 Å². The number of thiophene rings is 2. The Morgan fingerprint density at radius 3 is 1.38 bits per heavy atom. The molecule has 0 atom stereocenters. The molecule has 2 rings (SSSR count). The van der Waals surface area contributed by atoms with E-state index >= 15 is 0 Å². The summed E-state index contributed by atoms with van der Waals surface area (Å²) in [5.74, 6) is 0. The molecule has 0 radical (unpaired) electrons. The summed E-state index contributed by atoms with van der Waals surface area (Å²) < 4.78 is 0. The van der Waals surface area contributed by atoms with Crippen molar-refractivity contribution in [2.24, 2.45) is 0 Å². The van der Waals surface area contributed by atoms with Crippen LogP contribution >= 0.6 is 22.7 Å². The van der Waals surface area contributed by atoms with Crippen LogP contribution < -0.4 is 0 Å². The maximum Gasteiger partial charge on any atom is 0.0339 e. The number of rotatable bonds is 16. The van der Waals surface area contributed by atoms with Crippen LogP contribution in [0.4, 0.5) is 0 Å². The summed E-state index contributed by atoms with van der Waals surface area (Å²) in [6.45, 7) is 9.51. The van der Waals surface area contributed by atoms with E-state index in [1.807, 2.05) is 22.7 Å². The molecule has 2 aromatic rings. The molecule has 0 aliphatic heterocycles. The van der Waals surface area contributed by atoms with E-state index < -0.39 is 0 Å². The zero-order valence-corrected chi connectivity index (χ0v) is 21.2. The van der Waals surface area contributed by atoms with E-state index in [4.69, 9.17) is 0 Å². The Hall–Kier alpha value is -0.600. The molecule has 0 fully saturated rings. The van der Waals surface area contributed by atoms with Crippen molar-refractivity contribution in [2.75, 3.05) is 0 Å². The molecular formula is C27H44S2. The van der Waals surface area contributed by atoms with Crippen molar-refractivity contribution in [1.82, 2.24) is 0 Å². The Morgan fingerprint density at radius 2 is 0.966 bits per heavy atom. The van der Waals surface area contributed by atoms with Crippen molar-refractivity contribution >= 4 is 22.7 Å². The third-order valence-electron chi connectivity index (χ3n) is 6.23. The maximum absolute atomic E-state index is 2.46. The van der Waals surface area contributed by atoms with E-state index in [1.54, 1.807) is 20.9 Å². The average Bonchev–Trinajstić information content (AvgIpc) is 3.37. The minimum atomic E-state index is 0.150. The van der Waals surface area contributed by atoms with Gasteiger partial charge in [-0.15, -0.1) is 22.7 Å². The highest BCUT2D eigenvalue weighted by molar-refractivity contribution is 7.12. The summed E-state index contributed by atoms with van der Waals surface area (Å²) in [7, 11) is 0. The highest BCUT2D eigenvalue weighted by Gasteiger charge is 2.30. The Bertz CT molecular complexity index is 605. The normalized spacial score (nSPS) is 12.0. The molecule has 29 heavy (non-hydrogen) atoms. The van der Waals surface area contributed by atoms with Crippen molar-refractivity contribution in [3.63, 3.8) is 0 Å². The van der Waals surface area contributed by atoms with Gasteiger partial charge in [-0.05, 0) is 59.7 Å². The van der Waals surface area contributed by atoms with Gasteiger partial charge in [0.05, 0.1) is 0 Å². The first kappa shape index (κ1) is 24.7. The van der Waals surface area contributed by atoms with Gasteiger partial charge in [0.25, 0.3) is 0 Å². The third-order valence-corrected chi connectivity index (χ3v) is 8.79. The Labute approximate surface area is 189 Å². The van der Waals surface area contributed by atoms with E-state index in [1.165, 1.54) is 89.9 Å². The maximum atomic E-state index is 2.46. The molecule has 0 saturated heterocycles. The van der Waals surface area contributed by atoms with Crippen molar-refractivity contribution in [1.29, 1.82) is 0 Å². The fourth-order valence-corrected chi connectivity index (χ4v) is 6.69. The molecule has 0 bridgehead atoms. The highest BCUT2D eigenvalue weighted by Crippen LogP contribution is 2.42. The topological polar surface area (TPSA) is 0 Å².